The Morgan fingerprint density at radius 2 is 1.54 bits per heavy atom. The van der Waals surface area contributed by atoms with Gasteiger partial charge >= 0.3 is 0 Å². The molecule has 0 unspecified atom stereocenters. The summed E-state index contributed by atoms with van der Waals surface area (Å²) >= 11 is 0. The molecule has 0 bridgehead atoms. The van der Waals surface area contributed by atoms with E-state index in [1.165, 1.54) is 18.2 Å². The first-order valence-electron chi connectivity index (χ1n) is 16.5. The summed E-state index contributed by atoms with van der Waals surface area (Å²) in [6, 6.07) is 3.34. The number of nitro groups is 1. The molecule has 3 aliphatic rings. The number of rotatable bonds is 11. The van der Waals surface area contributed by atoms with Crippen molar-refractivity contribution in [1.82, 2.24) is 23.9 Å². The molecule has 0 aromatic heterocycles. The minimum Gasteiger partial charge on any atom is -0.341 e. The van der Waals surface area contributed by atoms with Gasteiger partial charge in [-0.25, -0.2) is 8.42 Å². The molecule has 2 atom stereocenters. The molecular formula is C32H50N6O7S. The minimum absolute atomic E-state index is 0.00636. The summed E-state index contributed by atoms with van der Waals surface area (Å²) in [5.41, 5.74) is -0.540. The highest BCUT2D eigenvalue weighted by Gasteiger charge is 2.47. The summed E-state index contributed by atoms with van der Waals surface area (Å²) in [5, 5.41) is 11.7. The van der Waals surface area contributed by atoms with Crippen molar-refractivity contribution in [1.29, 1.82) is 0 Å². The van der Waals surface area contributed by atoms with Crippen molar-refractivity contribution in [2.75, 3.05) is 59.4 Å². The van der Waals surface area contributed by atoms with E-state index >= 15 is 0 Å². The van der Waals surface area contributed by atoms with E-state index in [1.807, 2.05) is 32.6 Å². The molecule has 1 aromatic carbocycles. The summed E-state index contributed by atoms with van der Waals surface area (Å²) in [7, 11) is -2.33. The second kappa shape index (κ2) is 15.2. The molecular weight excluding hydrogens is 612 g/mol. The highest BCUT2D eigenvalue weighted by atomic mass is 32.2. The Kier molecular flexibility index (Phi) is 11.8. The lowest BCUT2D eigenvalue weighted by atomic mass is 9.91. The SMILES string of the molecule is CC(C)C[C@@H](C(=O)N1CCC(CC(=O)N2CCN(C)CC2)CC1)N1CCN(S(=O)(=O)c2ccccc2[N+](=O)[O-])[C@@H](CC(C)C)C1=O. The van der Waals surface area contributed by atoms with Crippen LogP contribution in [0.25, 0.3) is 0 Å². The van der Waals surface area contributed by atoms with Crippen LogP contribution in [0, 0.1) is 27.9 Å². The van der Waals surface area contributed by atoms with Crippen LogP contribution >= 0.6 is 0 Å². The average Bonchev–Trinajstić information content (AvgIpc) is 3.01. The van der Waals surface area contributed by atoms with Crippen LogP contribution < -0.4 is 0 Å². The number of likely N-dealkylation sites (N-methyl/N-ethyl adjacent to an activating group) is 1. The van der Waals surface area contributed by atoms with Gasteiger partial charge in [-0.2, -0.15) is 4.31 Å². The largest absolute Gasteiger partial charge is 0.341 e. The fraction of sp³-hybridized carbons (Fsp3) is 0.719. The quantitative estimate of drug-likeness (QED) is 0.260. The number of piperidine rings is 1. The third-order valence-electron chi connectivity index (χ3n) is 9.42. The Hall–Kier alpha value is -3.10. The first-order valence-corrected chi connectivity index (χ1v) is 18.0. The maximum atomic E-state index is 14.2. The van der Waals surface area contributed by atoms with E-state index in [0.29, 0.717) is 38.8 Å². The van der Waals surface area contributed by atoms with Crippen molar-refractivity contribution >= 4 is 33.4 Å². The molecule has 3 saturated heterocycles. The van der Waals surface area contributed by atoms with E-state index in [-0.39, 0.29) is 49.1 Å². The summed E-state index contributed by atoms with van der Waals surface area (Å²) in [4.78, 5) is 59.2. The maximum Gasteiger partial charge on any atom is 0.289 e. The number of carbonyl (C=O) groups excluding carboxylic acids is 3. The van der Waals surface area contributed by atoms with E-state index in [4.69, 9.17) is 0 Å². The number of nitro benzene ring substituents is 1. The third kappa shape index (κ3) is 8.24. The van der Waals surface area contributed by atoms with Gasteiger partial charge in [0, 0.05) is 64.8 Å². The van der Waals surface area contributed by atoms with E-state index in [2.05, 4.69) is 11.9 Å². The maximum absolute atomic E-state index is 14.2. The van der Waals surface area contributed by atoms with Crippen molar-refractivity contribution in [3.8, 4) is 0 Å². The number of likely N-dealkylation sites (tertiary alicyclic amines) is 1. The summed E-state index contributed by atoms with van der Waals surface area (Å²) in [6.45, 7) is 11.9. The fourth-order valence-electron chi connectivity index (χ4n) is 6.81. The Bertz CT molecular complexity index is 1370. The lowest BCUT2D eigenvalue weighted by Gasteiger charge is -2.45. The fourth-order valence-corrected chi connectivity index (χ4v) is 8.55. The van der Waals surface area contributed by atoms with Gasteiger partial charge in [0.2, 0.25) is 17.7 Å². The smallest absolute Gasteiger partial charge is 0.289 e. The number of amides is 3. The van der Waals surface area contributed by atoms with E-state index < -0.39 is 43.5 Å². The van der Waals surface area contributed by atoms with Crippen molar-refractivity contribution in [2.45, 2.75) is 76.8 Å². The number of sulfonamides is 1. The van der Waals surface area contributed by atoms with Gasteiger partial charge < -0.3 is 19.6 Å². The van der Waals surface area contributed by atoms with Crippen LogP contribution in [-0.4, -0.2) is 126 Å². The van der Waals surface area contributed by atoms with Crippen LogP contribution in [0.15, 0.2) is 29.2 Å². The predicted octanol–water partition coefficient (Wildman–Crippen LogP) is 2.66. The van der Waals surface area contributed by atoms with Gasteiger partial charge in [-0.15, -0.1) is 0 Å². The molecule has 14 heteroatoms. The van der Waals surface area contributed by atoms with E-state index in [0.717, 1.165) is 36.6 Å². The highest BCUT2D eigenvalue weighted by molar-refractivity contribution is 7.89. The van der Waals surface area contributed by atoms with Crippen LogP contribution in [0.1, 0.15) is 59.8 Å². The zero-order valence-electron chi connectivity index (χ0n) is 27.8. The van der Waals surface area contributed by atoms with Crippen LogP contribution in [0.2, 0.25) is 0 Å². The molecule has 0 radical (unpaired) electrons. The molecule has 3 aliphatic heterocycles. The van der Waals surface area contributed by atoms with Gasteiger partial charge in [-0.3, -0.25) is 24.5 Å². The molecule has 3 amide bonds. The monoisotopic (exact) mass is 662 g/mol. The van der Waals surface area contributed by atoms with E-state index in [1.54, 1.807) is 9.80 Å². The number of nitrogens with zero attached hydrogens (tertiary/aromatic N) is 6. The number of hydrogen-bond donors (Lipinski definition) is 0. The third-order valence-corrected chi connectivity index (χ3v) is 11.4. The van der Waals surface area contributed by atoms with Crippen LogP contribution in [0.5, 0.6) is 0 Å². The number of hydrogen-bond acceptors (Lipinski definition) is 8. The zero-order chi connectivity index (χ0) is 33.8. The Labute approximate surface area is 273 Å². The zero-order valence-corrected chi connectivity index (χ0v) is 28.7. The topological polar surface area (TPSA) is 145 Å². The van der Waals surface area contributed by atoms with Gasteiger partial charge in [-0.1, -0.05) is 39.8 Å². The Morgan fingerprint density at radius 1 is 0.913 bits per heavy atom. The van der Waals surface area contributed by atoms with Gasteiger partial charge in [0.1, 0.15) is 12.1 Å². The molecule has 0 aliphatic carbocycles. The highest BCUT2D eigenvalue weighted by Crippen LogP contribution is 2.33. The first-order chi connectivity index (χ1) is 21.7. The van der Waals surface area contributed by atoms with Gasteiger partial charge in [0.05, 0.1) is 4.92 Å². The predicted molar refractivity (Wildman–Crippen MR) is 173 cm³/mol. The molecule has 0 saturated carbocycles. The van der Waals surface area contributed by atoms with E-state index in [9.17, 15) is 32.9 Å². The number of carbonyl (C=O) groups is 3. The van der Waals surface area contributed by atoms with Crippen molar-refractivity contribution in [2.24, 2.45) is 17.8 Å². The van der Waals surface area contributed by atoms with Gasteiger partial charge in [0.25, 0.3) is 15.7 Å². The molecule has 0 spiro atoms. The number of para-hydroxylation sites is 1. The molecule has 256 valence electrons. The summed E-state index contributed by atoms with van der Waals surface area (Å²) in [6.07, 6.45) is 2.55. The molecule has 0 N–H and O–H groups in total. The molecule has 4 rings (SSSR count). The summed E-state index contributed by atoms with van der Waals surface area (Å²) in [5.74, 6) is -0.182. The molecule has 3 heterocycles. The van der Waals surface area contributed by atoms with Crippen molar-refractivity contribution in [3.05, 3.63) is 34.4 Å². The second-order valence-electron chi connectivity index (χ2n) is 13.8. The minimum atomic E-state index is -4.39. The van der Waals surface area contributed by atoms with Gasteiger partial charge in [0.15, 0.2) is 4.90 Å². The van der Waals surface area contributed by atoms with Crippen LogP contribution in [0.3, 0.4) is 0 Å². The second-order valence-corrected chi connectivity index (χ2v) is 15.7. The summed E-state index contributed by atoms with van der Waals surface area (Å²) < 4.78 is 28.8. The molecule has 13 nitrogen and oxygen atoms in total. The van der Waals surface area contributed by atoms with Gasteiger partial charge in [-0.05, 0) is 56.6 Å². The standard InChI is InChI=1S/C32H50N6O7S/c1-23(2)20-27(31(40)35-12-10-25(11-13-35)22-30(39)34-16-14-33(5)15-17-34)36-18-19-37(28(32(36)41)21-24(3)4)46(44,45)29-9-7-6-8-26(29)38(42)43/h6-9,23-25,27-28H,10-22H2,1-5H3/t27-,28-/m0/s1. The lowest BCUT2D eigenvalue weighted by molar-refractivity contribution is -0.387. The Morgan fingerprint density at radius 3 is 2.13 bits per heavy atom. The number of piperazine rings is 2. The average molecular weight is 663 g/mol. The first kappa shape index (κ1) is 35.7. The van der Waals surface area contributed by atoms with Crippen LogP contribution in [0.4, 0.5) is 5.69 Å². The van der Waals surface area contributed by atoms with Crippen molar-refractivity contribution < 1.29 is 27.7 Å². The number of benzene rings is 1. The lowest BCUT2D eigenvalue weighted by Crippen LogP contribution is -2.64. The molecule has 3 fully saturated rings. The normalized spacial score (nSPS) is 21.7. The van der Waals surface area contributed by atoms with Crippen LogP contribution in [-0.2, 0) is 24.4 Å². The molecule has 1 aromatic rings. The Balaban J connectivity index is 1.49. The molecule has 46 heavy (non-hydrogen) atoms. The van der Waals surface area contributed by atoms with Crippen molar-refractivity contribution in [3.63, 3.8) is 0 Å².